The van der Waals surface area contributed by atoms with Gasteiger partial charge < -0.3 is 15.2 Å². The van der Waals surface area contributed by atoms with Gasteiger partial charge in [-0.3, -0.25) is 10.1 Å². The van der Waals surface area contributed by atoms with E-state index in [4.69, 9.17) is 9.84 Å². The second-order valence-electron chi connectivity index (χ2n) is 4.46. The summed E-state index contributed by atoms with van der Waals surface area (Å²) >= 11 is 3.16. The molecule has 0 aliphatic carbocycles. The van der Waals surface area contributed by atoms with E-state index in [2.05, 4.69) is 26.2 Å². The van der Waals surface area contributed by atoms with Crippen molar-refractivity contribution < 1.29 is 14.8 Å². The van der Waals surface area contributed by atoms with Crippen LogP contribution in [0.5, 0.6) is 5.75 Å². The molecule has 22 heavy (non-hydrogen) atoms. The molecule has 1 aromatic carbocycles. The third-order valence-electron chi connectivity index (χ3n) is 2.82. The third-order valence-corrected chi connectivity index (χ3v) is 3.25. The van der Waals surface area contributed by atoms with Crippen LogP contribution in [-0.4, -0.2) is 28.2 Å². The molecule has 0 aliphatic heterocycles. The van der Waals surface area contributed by atoms with Crippen LogP contribution in [0.3, 0.4) is 0 Å². The summed E-state index contributed by atoms with van der Waals surface area (Å²) in [6.45, 7) is 2.00. The number of halogens is 1. The zero-order valence-corrected chi connectivity index (χ0v) is 13.3. The molecule has 116 valence electrons. The van der Waals surface area contributed by atoms with E-state index < -0.39 is 4.92 Å². The van der Waals surface area contributed by atoms with E-state index in [0.717, 1.165) is 5.56 Å². The number of hydrogen-bond acceptors (Lipinski definition) is 6. The van der Waals surface area contributed by atoms with Gasteiger partial charge in [0.2, 0.25) is 5.82 Å². The summed E-state index contributed by atoms with van der Waals surface area (Å²) < 4.78 is 5.90. The van der Waals surface area contributed by atoms with Crippen LogP contribution in [0.25, 0.3) is 0 Å². The molecule has 0 fully saturated rings. The Bertz CT molecular complexity index is 694. The standard InChI is InChI=1S/C14H14BrN3O4/c1-9-6-11(2-3-13(9)22-5-4-19)17-14-12(18(20)21)7-10(15)8-16-14/h2-3,6-8,19H,4-5H2,1H3,(H,16,17). The molecule has 0 saturated carbocycles. The van der Waals surface area contributed by atoms with Crippen molar-refractivity contribution in [2.75, 3.05) is 18.5 Å². The first-order valence-electron chi connectivity index (χ1n) is 6.42. The quantitative estimate of drug-likeness (QED) is 0.600. The minimum Gasteiger partial charge on any atom is -0.491 e. The molecule has 7 nitrogen and oxygen atoms in total. The maximum atomic E-state index is 11.1. The molecule has 0 atom stereocenters. The lowest BCUT2D eigenvalue weighted by molar-refractivity contribution is -0.384. The van der Waals surface area contributed by atoms with Crippen LogP contribution < -0.4 is 10.1 Å². The van der Waals surface area contributed by atoms with Gasteiger partial charge in [0.05, 0.1) is 11.5 Å². The summed E-state index contributed by atoms with van der Waals surface area (Å²) in [5.41, 5.74) is 1.39. The van der Waals surface area contributed by atoms with Crippen molar-refractivity contribution in [3.63, 3.8) is 0 Å². The highest BCUT2D eigenvalue weighted by atomic mass is 79.9. The highest BCUT2D eigenvalue weighted by molar-refractivity contribution is 9.10. The summed E-state index contributed by atoms with van der Waals surface area (Å²) in [5.74, 6) is 0.814. The molecule has 1 aromatic heterocycles. The molecular weight excluding hydrogens is 354 g/mol. The van der Waals surface area contributed by atoms with Gasteiger partial charge in [0.25, 0.3) is 0 Å². The first kappa shape index (κ1) is 16.2. The molecule has 2 aromatic rings. The molecule has 0 bridgehead atoms. The monoisotopic (exact) mass is 367 g/mol. The Morgan fingerprint density at radius 2 is 2.23 bits per heavy atom. The molecular formula is C14H14BrN3O4. The van der Waals surface area contributed by atoms with Crippen molar-refractivity contribution in [1.29, 1.82) is 0 Å². The number of aliphatic hydroxyl groups is 1. The van der Waals surface area contributed by atoms with E-state index in [1.807, 2.05) is 6.92 Å². The Labute approximate surface area is 135 Å². The van der Waals surface area contributed by atoms with Gasteiger partial charge in [0.1, 0.15) is 12.4 Å². The Kier molecular flexibility index (Phi) is 5.29. The molecule has 2 N–H and O–H groups in total. The van der Waals surface area contributed by atoms with Gasteiger partial charge in [-0.15, -0.1) is 0 Å². The van der Waals surface area contributed by atoms with E-state index >= 15 is 0 Å². The fraction of sp³-hybridized carbons (Fsp3) is 0.214. The molecule has 0 radical (unpaired) electrons. The van der Waals surface area contributed by atoms with E-state index in [1.54, 1.807) is 18.2 Å². The van der Waals surface area contributed by atoms with Crippen LogP contribution in [0.15, 0.2) is 34.9 Å². The molecule has 2 rings (SSSR count). The normalized spacial score (nSPS) is 10.3. The summed E-state index contributed by atoms with van der Waals surface area (Å²) in [7, 11) is 0. The number of aromatic nitrogens is 1. The van der Waals surface area contributed by atoms with E-state index in [0.29, 0.717) is 15.9 Å². The molecule has 8 heteroatoms. The lowest BCUT2D eigenvalue weighted by Gasteiger charge is -2.11. The molecule has 0 unspecified atom stereocenters. The van der Waals surface area contributed by atoms with Gasteiger partial charge in [0.15, 0.2) is 0 Å². The predicted octanol–water partition coefficient (Wildman–Crippen LogP) is 3.18. The van der Waals surface area contributed by atoms with Gasteiger partial charge in [-0.1, -0.05) is 0 Å². The van der Waals surface area contributed by atoms with Crippen LogP contribution in [0.4, 0.5) is 17.2 Å². The number of pyridine rings is 1. The van der Waals surface area contributed by atoms with Gasteiger partial charge in [-0.25, -0.2) is 4.98 Å². The zero-order chi connectivity index (χ0) is 16.1. The van der Waals surface area contributed by atoms with Crippen molar-refractivity contribution >= 4 is 33.1 Å². The lowest BCUT2D eigenvalue weighted by atomic mass is 10.2. The van der Waals surface area contributed by atoms with E-state index in [-0.39, 0.29) is 24.7 Å². The number of aliphatic hydroxyl groups excluding tert-OH is 1. The van der Waals surface area contributed by atoms with Crippen molar-refractivity contribution in [2.45, 2.75) is 6.92 Å². The summed E-state index contributed by atoms with van der Waals surface area (Å²) in [5, 5.41) is 22.8. The van der Waals surface area contributed by atoms with Crippen molar-refractivity contribution in [3.05, 3.63) is 50.6 Å². The number of nitro groups is 1. The van der Waals surface area contributed by atoms with Crippen LogP contribution in [0.2, 0.25) is 0 Å². The summed E-state index contributed by atoms with van der Waals surface area (Å²) in [6.07, 6.45) is 1.49. The Morgan fingerprint density at radius 1 is 1.45 bits per heavy atom. The first-order valence-corrected chi connectivity index (χ1v) is 7.22. The molecule has 0 saturated heterocycles. The highest BCUT2D eigenvalue weighted by Gasteiger charge is 2.16. The number of nitrogens with zero attached hydrogens (tertiary/aromatic N) is 2. The van der Waals surface area contributed by atoms with Crippen LogP contribution in [-0.2, 0) is 0 Å². The van der Waals surface area contributed by atoms with Crippen molar-refractivity contribution in [1.82, 2.24) is 4.98 Å². The van der Waals surface area contributed by atoms with Gasteiger partial charge >= 0.3 is 5.69 Å². The topological polar surface area (TPSA) is 97.5 Å². The molecule has 0 amide bonds. The van der Waals surface area contributed by atoms with E-state index in [9.17, 15) is 10.1 Å². The van der Waals surface area contributed by atoms with Gasteiger partial charge in [-0.05, 0) is 46.6 Å². The van der Waals surface area contributed by atoms with E-state index in [1.165, 1.54) is 12.3 Å². The Balaban J connectivity index is 2.24. The number of nitrogens with one attached hydrogen (secondary N) is 1. The number of rotatable bonds is 6. The fourth-order valence-corrected chi connectivity index (χ4v) is 2.16. The maximum Gasteiger partial charge on any atom is 0.312 e. The average Bonchev–Trinajstić information content (AvgIpc) is 2.48. The van der Waals surface area contributed by atoms with Gasteiger partial charge in [-0.2, -0.15) is 0 Å². The number of anilines is 2. The smallest absolute Gasteiger partial charge is 0.312 e. The van der Waals surface area contributed by atoms with Crippen LogP contribution >= 0.6 is 15.9 Å². The minimum absolute atomic E-state index is 0.0611. The molecule has 0 aliphatic rings. The largest absolute Gasteiger partial charge is 0.491 e. The maximum absolute atomic E-state index is 11.1. The second-order valence-corrected chi connectivity index (χ2v) is 5.37. The molecule has 0 spiro atoms. The first-order chi connectivity index (χ1) is 10.5. The Morgan fingerprint density at radius 3 is 2.86 bits per heavy atom. The van der Waals surface area contributed by atoms with Gasteiger partial charge in [0, 0.05) is 22.4 Å². The van der Waals surface area contributed by atoms with Crippen LogP contribution in [0, 0.1) is 17.0 Å². The number of aryl methyl sites for hydroxylation is 1. The third kappa shape index (κ3) is 3.92. The summed E-state index contributed by atoms with van der Waals surface area (Å²) in [6, 6.07) is 6.65. The fourth-order valence-electron chi connectivity index (χ4n) is 1.85. The number of benzene rings is 1. The lowest BCUT2D eigenvalue weighted by Crippen LogP contribution is -2.03. The molecule has 1 heterocycles. The number of hydrogen-bond donors (Lipinski definition) is 2. The zero-order valence-electron chi connectivity index (χ0n) is 11.7. The number of ether oxygens (including phenoxy) is 1. The average molecular weight is 368 g/mol. The van der Waals surface area contributed by atoms with Crippen LogP contribution in [0.1, 0.15) is 5.56 Å². The SMILES string of the molecule is Cc1cc(Nc2ncc(Br)cc2[N+](=O)[O-])ccc1OCCO. The minimum atomic E-state index is -0.494. The predicted molar refractivity (Wildman–Crippen MR) is 85.6 cm³/mol. The highest BCUT2D eigenvalue weighted by Crippen LogP contribution is 2.29. The second kappa shape index (κ2) is 7.19. The van der Waals surface area contributed by atoms with Crippen molar-refractivity contribution in [2.24, 2.45) is 0 Å². The Hall–Kier alpha value is -2.19. The van der Waals surface area contributed by atoms with Crippen molar-refractivity contribution in [3.8, 4) is 5.75 Å². The summed E-state index contributed by atoms with van der Waals surface area (Å²) in [4.78, 5) is 14.6.